The van der Waals surface area contributed by atoms with Gasteiger partial charge >= 0.3 is 0 Å². The second-order valence-electron chi connectivity index (χ2n) is 8.74. The number of carbonyl (C=O) groups is 1. The molecule has 12 heteroatoms. The van der Waals surface area contributed by atoms with Gasteiger partial charge in [0, 0.05) is 31.0 Å². The lowest BCUT2D eigenvalue weighted by atomic mass is 9.84. The Hall–Kier alpha value is -3.80. The van der Waals surface area contributed by atoms with E-state index in [1.54, 1.807) is 6.20 Å². The molecule has 0 unspecified atom stereocenters. The van der Waals surface area contributed by atoms with Crippen molar-refractivity contribution in [2.24, 2.45) is 0 Å². The lowest BCUT2D eigenvalue weighted by molar-refractivity contribution is 0.0195. The normalized spacial score (nSPS) is 20.6. The van der Waals surface area contributed by atoms with Crippen molar-refractivity contribution in [3.63, 3.8) is 0 Å². The number of ether oxygens (including phenoxy) is 1. The van der Waals surface area contributed by atoms with Crippen LogP contribution in [0.2, 0.25) is 0 Å². The van der Waals surface area contributed by atoms with Gasteiger partial charge in [0.15, 0.2) is 5.82 Å². The van der Waals surface area contributed by atoms with Crippen molar-refractivity contribution < 1.29 is 19.0 Å². The number of nitrogens with one attached hydrogen (secondary N) is 2. The van der Waals surface area contributed by atoms with Crippen LogP contribution in [0.25, 0.3) is 22.4 Å². The summed E-state index contributed by atoms with van der Waals surface area (Å²) in [6.45, 7) is 1.84. The van der Waals surface area contributed by atoms with Gasteiger partial charge < -0.3 is 20.5 Å². The minimum atomic E-state index is -0.652. The molecule has 0 saturated heterocycles. The summed E-state index contributed by atoms with van der Waals surface area (Å²) >= 11 is 0. The highest BCUT2D eigenvalue weighted by atomic mass is 19.1. The molecule has 1 saturated carbocycles. The first-order valence-corrected chi connectivity index (χ1v) is 11.0. The number of aromatic nitrogens is 6. The number of hydrogen-bond donors (Lipinski definition) is 3. The Balaban J connectivity index is 1.55. The van der Waals surface area contributed by atoms with E-state index in [1.807, 2.05) is 6.92 Å². The van der Waals surface area contributed by atoms with Crippen LogP contribution in [-0.2, 0) is 0 Å². The molecule has 4 aromatic heterocycles. The van der Waals surface area contributed by atoms with Gasteiger partial charge in [-0.3, -0.25) is 9.20 Å². The van der Waals surface area contributed by atoms with Crippen LogP contribution in [0.1, 0.15) is 43.1 Å². The van der Waals surface area contributed by atoms with Gasteiger partial charge in [0.25, 0.3) is 5.91 Å². The predicted octanol–water partition coefficient (Wildman–Crippen LogP) is 2.05. The molecule has 3 N–H and O–H groups in total. The molecular weight excluding hydrogens is 443 g/mol. The van der Waals surface area contributed by atoms with Crippen molar-refractivity contribution in [2.45, 2.75) is 44.2 Å². The third-order valence-electron chi connectivity index (χ3n) is 6.26. The van der Waals surface area contributed by atoms with Crippen LogP contribution in [-0.4, -0.2) is 65.8 Å². The number of carbonyl (C=O) groups excluding carboxylic acids is 1. The fourth-order valence-electron chi connectivity index (χ4n) is 4.36. The predicted molar refractivity (Wildman–Crippen MR) is 121 cm³/mol. The quantitative estimate of drug-likeness (QED) is 0.406. The number of nitrogens with zero attached hydrogens (tertiary/aromatic N) is 6. The second kappa shape index (κ2) is 8.20. The van der Waals surface area contributed by atoms with Crippen molar-refractivity contribution in [1.82, 2.24) is 34.3 Å². The minimum absolute atomic E-state index is 0.0956. The summed E-state index contributed by atoms with van der Waals surface area (Å²) in [5.74, 6) is -0.0674. The number of anilines is 1. The molecule has 4 heterocycles. The maximum absolute atomic E-state index is 15.2. The average molecular weight is 468 g/mol. The van der Waals surface area contributed by atoms with Crippen molar-refractivity contribution in [3.8, 4) is 17.0 Å². The first kappa shape index (κ1) is 22.0. The molecule has 11 nitrogen and oxygen atoms in total. The van der Waals surface area contributed by atoms with Gasteiger partial charge in [-0.1, -0.05) is 0 Å². The van der Waals surface area contributed by atoms with Crippen LogP contribution in [0.4, 0.5) is 10.3 Å². The van der Waals surface area contributed by atoms with E-state index in [4.69, 9.17) is 4.74 Å². The number of imidazole rings is 1. The molecule has 0 bridgehead atoms. The lowest BCUT2D eigenvalue weighted by Crippen LogP contribution is -2.36. The Labute approximate surface area is 194 Å². The standard InChI is InChI=1S/C22H25FN8O3/c1-22(33)6-4-13(5-7-22)27-20-28-19(34-3)17-16(14(23)11-31(17)29-20)12-8-25-21-26-9-15(18(32)24-2)30(21)10-12/h8-11,13,33H,4-7H2,1-3H3,(H,24,32)(H,27,29). The molecule has 0 aliphatic heterocycles. The number of rotatable bonds is 5. The van der Waals surface area contributed by atoms with Gasteiger partial charge in [-0.25, -0.2) is 18.9 Å². The van der Waals surface area contributed by atoms with Gasteiger partial charge in [-0.2, -0.15) is 4.98 Å². The zero-order valence-corrected chi connectivity index (χ0v) is 19.0. The summed E-state index contributed by atoms with van der Waals surface area (Å²) in [4.78, 5) is 25.0. The van der Waals surface area contributed by atoms with E-state index in [9.17, 15) is 9.90 Å². The Morgan fingerprint density at radius 2 is 2.00 bits per heavy atom. The summed E-state index contributed by atoms with van der Waals surface area (Å²) in [5, 5.41) is 20.4. The minimum Gasteiger partial charge on any atom is -0.479 e. The van der Waals surface area contributed by atoms with E-state index in [1.165, 1.54) is 41.7 Å². The number of methoxy groups -OCH3 is 1. The van der Waals surface area contributed by atoms with E-state index < -0.39 is 11.4 Å². The summed E-state index contributed by atoms with van der Waals surface area (Å²) < 4.78 is 23.6. The summed E-state index contributed by atoms with van der Waals surface area (Å²) in [7, 11) is 2.98. The summed E-state index contributed by atoms with van der Waals surface area (Å²) in [5.41, 5.74) is 0.564. The molecule has 0 atom stereocenters. The van der Waals surface area contributed by atoms with E-state index in [-0.39, 0.29) is 29.1 Å². The van der Waals surface area contributed by atoms with Crippen LogP contribution in [0.5, 0.6) is 5.88 Å². The number of halogens is 1. The Morgan fingerprint density at radius 1 is 1.26 bits per heavy atom. The Bertz CT molecular complexity index is 1390. The van der Waals surface area contributed by atoms with E-state index in [0.29, 0.717) is 35.6 Å². The van der Waals surface area contributed by atoms with E-state index >= 15 is 4.39 Å². The van der Waals surface area contributed by atoms with Crippen molar-refractivity contribution in [2.75, 3.05) is 19.5 Å². The molecule has 1 aliphatic rings. The summed E-state index contributed by atoms with van der Waals surface area (Å²) in [6.07, 6.45) is 8.63. The smallest absolute Gasteiger partial charge is 0.269 e. The highest BCUT2D eigenvalue weighted by Crippen LogP contribution is 2.35. The zero-order chi connectivity index (χ0) is 24.0. The van der Waals surface area contributed by atoms with Crippen LogP contribution >= 0.6 is 0 Å². The first-order valence-electron chi connectivity index (χ1n) is 11.0. The Morgan fingerprint density at radius 3 is 2.71 bits per heavy atom. The topological polar surface area (TPSA) is 131 Å². The van der Waals surface area contributed by atoms with Crippen LogP contribution in [0.15, 0.2) is 24.8 Å². The lowest BCUT2D eigenvalue weighted by Gasteiger charge is -2.33. The number of hydrogen-bond acceptors (Lipinski definition) is 8. The van der Waals surface area contributed by atoms with E-state index in [2.05, 4.69) is 30.7 Å². The number of fused-ring (bicyclic) bond motifs is 2. The highest BCUT2D eigenvalue weighted by molar-refractivity contribution is 5.93. The first-order chi connectivity index (χ1) is 16.3. The monoisotopic (exact) mass is 468 g/mol. The molecule has 178 valence electrons. The molecule has 0 aromatic carbocycles. The molecule has 1 amide bonds. The number of aliphatic hydroxyl groups is 1. The van der Waals surface area contributed by atoms with Crippen molar-refractivity contribution in [3.05, 3.63) is 36.3 Å². The highest BCUT2D eigenvalue weighted by Gasteiger charge is 2.29. The number of amides is 1. The molecular formula is C22H25FN8O3. The van der Waals surface area contributed by atoms with Crippen molar-refractivity contribution >= 4 is 23.1 Å². The van der Waals surface area contributed by atoms with Gasteiger partial charge in [-0.05, 0) is 32.6 Å². The molecule has 1 aliphatic carbocycles. The van der Waals surface area contributed by atoms with E-state index in [0.717, 1.165) is 12.8 Å². The zero-order valence-electron chi connectivity index (χ0n) is 19.0. The fourth-order valence-corrected chi connectivity index (χ4v) is 4.36. The average Bonchev–Trinajstić information content (AvgIpc) is 3.39. The fraction of sp³-hybridized carbons (Fsp3) is 0.409. The molecule has 0 spiro atoms. The molecule has 4 aromatic rings. The molecule has 0 radical (unpaired) electrons. The van der Waals surface area contributed by atoms with Crippen LogP contribution in [0.3, 0.4) is 0 Å². The Kier molecular flexibility index (Phi) is 5.31. The molecule has 5 rings (SSSR count). The van der Waals surface area contributed by atoms with Gasteiger partial charge in [0.2, 0.25) is 17.6 Å². The maximum atomic E-state index is 15.2. The SMILES string of the molecule is CNC(=O)c1cnc2ncc(-c3c(F)cn4nc(NC5CCC(C)(O)CC5)nc(OC)c34)cn12. The molecule has 34 heavy (non-hydrogen) atoms. The maximum Gasteiger partial charge on any atom is 0.269 e. The third kappa shape index (κ3) is 3.79. The van der Waals surface area contributed by atoms with Gasteiger partial charge in [0.05, 0.1) is 30.7 Å². The molecule has 1 fully saturated rings. The second-order valence-corrected chi connectivity index (χ2v) is 8.74. The summed E-state index contributed by atoms with van der Waals surface area (Å²) in [6, 6.07) is 0.0956. The van der Waals surface area contributed by atoms with Crippen LogP contribution in [0, 0.1) is 5.82 Å². The van der Waals surface area contributed by atoms with Gasteiger partial charge in [-0.15, -0.1) is 5.10 Å². The third-order valence-corrected chi connectivity index (χ3v) is 6.26. The van der Waals surface area contributed by atoms with Gasteiger partial charge in [0.1, 0.15) is 11.2 Å². The van der Waals surface area contributed by atoms with Crippen molar-refractivity contribution in [1.29, 1.82) is 0 Å². The largest absolute Gasteiger partial charge is 0.479 e. The van der Waals surface area contributed by atoms with Crippen LogP contribution < -0.4 is 15.4 Å².